The van der Waals surface area contributed by atoms with Gasteiger partial charge in [-0.25, -0.2) is 4.79 Å². The van der Waals surface area contributed by atoms with Gasteiger partial charge < -0.3 is 10.4 Å². The van der Waals surface area contributed by atoms with Gasteiger partial charge in [0.05, 0.1) is 4.95 Å². The van der Waals surface area contributed by atoms with Crippen LogP contribution < -0.4 is 5.32 Å². The van der Waals surface area contributed by atoms with Crippen molar-refractivity contribution in [3.63, 3.8) is 0 Å². The lowest BCUT2D eigenvalue weighted by molar-refractivity contribution is 0.191. The summed E-state index contributed by atoms with van der Waals surface area (Å²) in [6, 6.07) is 0. The number of rotatable bonds is 3. The van der Waals surface area contributed by atoms with E-state index in [-0.39, 0.29) is 4.95 Å². The number of amides is 1. The lowest BCUT2D eigenvalue weighted by Crippen LogP contribution is -2.33. The zero-order valence-corrected chi connectivity index (χ0v) is 7.68. The monoisotopic (exact) mass is 209 g/mol. The maximum absolute atomic E-state index is 10.1. The molecule has 0 aliphatic heterocycles. The number of halogens is 1. The van der Waals surface area contributed by atoms with Gasteiger partial charge in [0.2, 0.25) is 0 Å². The number of nitrogens with one attached hydrogen (secondary N) is 1. The Hall–Kier alpha value is -0.250. The summed E-state index contributed by atoms with van der Waals surface area (Å²) in [5.41, 5.74) is 0. The maximum Gasteiger partial charge on any atom is 0.405 e. The lowest BCUT2D eigenvalue weighted by Gasteiger charge is -2.15. The van der Waals surface area contributed by atoms with Crippen molar-refractivity contribution in [1.29, 1.82) is 0 Å². The van der Waals surface area contributed by atoms with Crippen LogP contribution in [-0.4, -0.2) is 16.2 Å². The fourth-order valence-corrected chi connectivity index (χ4v) is 1.04. The third-order valence-corrected chi connectivity index (χ3v) is 2.54. The summed E-state index contributed by atoms with van der Waals surface area (Å²) in [7, 11) is 0. The molecule has 0 aromatic heterocycles. The van der Waals surface area contributed by atoms with E-state index in [0.29, 0.717) is 5.92 Å². The average Bonchev–Trinajstić information content (AvgIpc) is 1.85. The Balaban J connectivity index is 3.61. The van der Waals surface area contributed by atoms with Gasteiger partial charge in [-0.15, -0.1) is 0 Å². The number of carboxylic acid groups (broad SMARTS) is 1. The topological polar surface area (TPSA) is 49.3 Å². The van der Waals surface area contributed by atoms with Crippen molar-refractivity contribution in [3.05, 3.63) is 0 Å². The molecule has 2 atom stereocenters. The predicted molar refractivity (Wildman–Crippen MR) is 43.3 cm³/mol. The van der Waals surface area contributed by atoms with Crippen molar-refractivity contribution in [2.75, 3.05) is 0 Å². The SMILES string of the molecule is CCC(C)C(Br)NC(=O)O. The number of hydrogen-bond acceptors (Lipinski definition) is 1. The predicted octanol–water partition coefficient (Wildman–Crippen LogP) is 2.02. The minimum atomic E-state index is -0.984. The third-order valence-electron chi connectivity index (χ3n) is 1.40. The van der Waals surface area contributed by atoms with E-state index in [9.17, 15) is 4.79 Å². The Morgan fingerprint density at radius 1 is 1.80 bits per heavy atom. The first-order valence-electron chi connectivity index (χ1n) is 3.21. The molecule has 0 radical (unpaired) electrons. The van der Waals surface area contributed by atoms with Crippen molar-refractivity contribution in [2.24, 2.45) is 5.92 Å². The van der Waals surface area contributed by atoms with Crippen LogP contribution >= 0.6 is 15.9 Å². The molecule has 0 heterocycles. The Labute approximate surface area is 68.9 Å². The van der Waals surface area contributed by atoms with Crippen molar-refractivity contribution < 1.29 is 9.90 Å². The molecule has 0 bridgehead atoms. The van der Waals surface area contributed by atoms with Gasteiger partial charge in [-0.05, 0) is 5.92 Å². The van der Waals surface area contributed by atoms with Gasteiger partial charge in [0.1, 0.15) is 0 Å². The summed E-state index contributed by atoms with van der Waals surface area (Å²) in [5.74, 6) is 0.330. The summed E-state index contributed by atoms with van der Waals surface area (Å²) in [5, 5.41) is 10.6. The average molecular weight is 210 g/mol. The smallest absolute Gasteiger partial charge is 0.405 e. The number of carbonyl (C=O) groups is 1. The fourth-order valence-electron chi connectivity index (χ4n) is 0.467. The highest BCUT2D eigenvalue weighted by Crippen LogP contribution is 2.12. The summed E-state index contributed by atoms with van der Waals surface area (Å²) in [6.45, 7) is 4.00. The molecule has 0 aromatic carbocycles. The van der Waals surface area contributed by atoms with Crippen LogP contribution in [0.5, 0.6) is 0 Å². The molecule has 0 aromatic rings. The van der Waals surface area contributed by atoms with Gasteiger partial charge in [0, 0.05) is 0 Å². The maximum atomic E-state index is 10.1. The Morgan fingerprint density at radius 3 is 2.60 bits per heavy atom. The molecule has 0 saturated carbocycles. The van der Waals surface area contributed by atoms with E-state index in [2.05, 4.69) is 21.2 Å². The van der Waals surface area contributed by atoms with Crippen molar-refractivity contribution >= 4 is 22.0 Å². The third kappa shape index (κ3) is 3.71. The van der Waals surface area contributed by atoms with Crippen LogP contribution in [-0.2, 0) is 0 Å². The standard InChI is InChI=1S/C6H12BrNO2/c1-3-4(2)5(7)8-6(9)10/h4-5,8H,3H2,1-2H3,(H,9,10). The summed E-state index contributed by atoms with van der Waals surface area (Å²) < 4.78 is 0. The largest absolute Gasteiger partial charge is 0.465 e. The van der Waals surface area contributed by atoms with Crippen LogP contribution in [0.1, 0.15) is 20.3 Å². The molecule has 10 heavy (non-hydrogen) atoms. The van der Waals surface area contributed by atoms with E-state index in [1.807, 2.05) is 13.8 Å². The van der Waals surface area contributed by atoms with E-state index in [1.54, 1.807) is 0 Å². The molecule has 2 unspecified atom stereocenters. The van der Waals surface area contributed by atoms with Crippen LogP contribution in [0.2, 0.25) is 0 Å². The van der Waals surface area contributed by atoms with E-state index >= 15 is 0 Å². The highest BCUT2D eigenvalue weighted by molar-refractivity contribution is 9.09. The zero-order valence-electron chi connectivity index (χ0n) is 6.10. The molecular formula is C6H12BrNO2. The minimum Gasteiger partial charge on any atom is -0.465 e. The van der Waals surface area contributed by atoms with Gasteiger partial charge in [0.15, 0.2) is 0 Å². The van der Waals surface area contributed by atoms with E-state index in [0.717, 1.165) is 6.42 Å². The van der Waals surface area contributed by atoms with Crippen LogP contribution in [0.3, 0.4) is 0 Å². The summed E-state index contributed by atoms with van der Waals surface area (Å²) in [4.78, 5) is 9.96. The second kappa shape index (κ2) is 4.55. The molecular weight excluding hydrogens is 198 g/mol. The molecule has 1 amide bonds. The molecule has 0 aliphatic rings. The summed E-state index contributed by atoms with van der Waals surface area (Å²) >= 11 is 3.21. The lowest BCUT2D eigenvalue weighted by atomic mass is 10.1. The molecule has 0 rings (SSSR count). The van der Waals surface area contributed by atoms with Gasteiger partial charge in [-0.1, -0.05) is 36.2 Å². The first-order chi connectivity index (χ1) is 4.57. The Morgan fingerprint density at radius 2 is 2.30 bits per heavy atom. The van der Waals surface area contributed by atoms with Gasteiger partial charge in [-0.2, -0.15) is 0 Å². The van der Waals surface area contributed by atoms with Crippen molar-refractivity contribution in [2.45, 2.75) is 25.2 Å². The quantitative estimate of drug-likeness (QED) is 0.553. The van der Waals surface area contributed by atoms with E-state index in [1.165, 1.54) is 0 Å². The van der Waals surface area contributed by atoms with Crippen molar-refractivity contribution in [3.8, 4) is 0 Å². The molecule has 0 saturated heterocycles. The van der Waals surface area contributed by atoms with Gasteiger partial charge >= 0.3 is 6.09 Å². The Kier molecular flexibility index (Phi) is 4.43. The molecule has 0 spiro atoms. The molecule has 4 heteroatoms. The number of alkyl halides is 1. The first-order valence-corrected chi connectivity index (χ1v) is 4.13. The summed E-state index contributed by atoms with van der Waals surface area (Å²) in [6.07, 6.45) is -0.0295. The second-order valence-corrected chi connectivity index (χ2v) is 3.22. The normalized spacial score (nSPS) is 15.9. The molecule has 0 aliphatic carbocycles. The van der Waals surface area contributed by atoms with Gasteiger partial charge in [-0.3, -0.25) is 0 Å². The number of hydrogen-bond donors (Lipinski definition) is 2. The highest BCUT2D eigenvalue weighted by Gasteiger charge is 2.12. The van der Waals surface area contributed by atoms with Crippen LogP contribution in [0.4, 0.5) is 4.79 Å². The Bertz CT molecular complexity index is 118. The molecule has 2 N–H and O–H groups in total. The first kappa shape index (κ1) is 9.75. The van der Waals surface area contributed by atoms with Crippen LogP contribution in [0.15, 0.2) is 0 Å². The minimum absolute atomic E-state index is 0.130. The second-order valence-electron chi connectivity index (χ2n) is 2.24. The zero-order chi connectivity index (χ0) is 8.15. The van der Waals surface area contributed by atoms with E-state index < -0.39 is 6.09 Å². The molecule has 3 nitrogen and oxygen atoms in total. The fraction of sp³-hybridized carbons (Fsp3) is 0.833. The molecule has 0 fully saturated rings. The van der Waals surface area contributed by atoms with Crippen molar-refractivity contribution in [1.82, 2.24) is 5.32 Å². The van der Waals surface area contributed by atoms with Gasteiger partial charge in [0.25, 0.3) is 0 Å². The van der Waals surface area contributed by atoms with Crippen LogP contribution in [0.25, 0.3) is 0 Å². The van der Waals surface area contributed by atoms with E-state index in [4.69, 9.17) is 5.11 Å². The van der Waals surface area contributed by atoms with Crippen LogP contribution in [0, 0.1) is 5.92 Å². The molecule has 60 valence electrons. The highest BCUT2D eigenvalue weighted by atomic mass is 79.9.